The SMILES string of the molecule is C1CCNCC1.C1CCNCC1.N[C@@H](CSSC[C@H](N)C(=O)O)C(=O)O. The van der Waals surface area contributed by atoms with Crippen LogP contribution in [0.3, 0.4) is 0 Å². The summed E-state index contributed by atoms with van der Waals surface area (Å²) in [6.07, 6.45) is 8.43. The van der Waals surface area contributed by atoms with Gasteiger partial charge in [0.05, 0.1) is 0 Å². The molecule has 2 aliphatic heterocycles. The summed E-state index contributed by atoms with van der Waals surface area (Å²) in [4.78, 5) is 20.5. The second-order valence-corrected chi connectivity index (χ2v) is 8.63. The van der Waals surface area contributed by atoms with E-state index in [0.29, 0.717) is 0 Å². The van der Waals surface area contributed by atoms with Gasteiger partial charge in [-0.3, -0.25) is 9.59 Å². The zero-order chi connectivity index (χ0) is 19.6. The lowest BCUT2D eigenvalue weighted by molar-refractivity contribution is -0.138. The number of hydrogen-bond donors (Lipinski definition) is 6. The number of carboxylic acids is 2. The molecule has 2 fully saturated rings. The molecule has 0 bridgehead atoms. The molecular formula is C16H34N4O4S2. The van der Waals surface area contributed by atoms with Gasteiger partial charge in [-0.05, 0) is 51.9 Å². The predicted molar refractivity (Wildman–Crippen MR) is 110 cm³/mol. The van der Waals surface area contributed by atoms with E-state index in [1.165, 1.54) is 86.3 Å². The Bertz CT molecular complexity index is 313. The van der Waals surface area contributed by atoms with E-state index in [-0.39, 0.29) is 11.5 Å². The van der Waals surface area contributed by atoms with E-state index >= 15 is 0 Å². The van der Waals surface area contributed by atoms with Crippen molar-refractivity contribution in [2.45, 2.75) is 50.6 Å². The zero-order valence-corrected chi connectivity index (χ0v) is 17.0. The van der Waals surface area contributed by atoms with Gasteiger partial charge in [-0.2, -0.15) is 0 Å². The average molecular weight is 411 g/mol. The Kier molecular flexibility index (Phi) is 17.5. The van der Waals surface area contributed by atoms with Crippen molar-refractivity contribution in [2.24, 2.45) is 11.5 Å². The Balaban J connectivity index is 0.000000421. The fourth-order valence-corrected chi connectivity index (χ4v) is 4.22. The van der Waals surface area contributed by atoms with Gasteiger partial charge in [0.2, 0.25) is 0 Å². The normalized spacial score (nSPS) is 19.0. The van der Waals surface area contributed by atoms with Gasteiger partial charge in [0.1, 0.15) is 12.1 Å². The number of piperidine rings is 2. The molecule has 0 aliphatic carbocycles. The molecule has 0 unspecified atom stereocenters. The van der Waals surface area contributed by atoms with Gasteiger partial charge in [-0.25, -0.2) is 0 Å². The fourth-order valence-electron chi connectivity index (χ4n) is 1.99. The topological polar surface area (TPSA) is 151 Å². The minimum Gasteiger partial charge on any atom is -0.480 e. The smallest absolute Gasteiger partial charge is 0.321 e. The van der Waals surface area contributed by atoms with Gasteiger partial charge >= 0.3 is 11.9 Å². The molecule has 2 atom stereocenters. The molecule has 154 valence electrons. The minimum atomic E-state index is -1.07. The van der Waals surface area contributed by atoms with Crippen LogP contribution in [0.1, 0.15) is 38.5 Å². The first-order valence-corrected chi connectivity index (χ1v) is 11.6. The first-order chi connectivity index (χ1) is 12.4. The quantitative estimate of drug-likeness (QED) is 0.261. The van der Waals surface area contributed by atoms with Crippen molar-refractivity contribution in [1.82, 2.24) is 10.6 Å². The van der Waals surface area contributed by atoms with Crippen LogP contribution < -0.4 is 22.1 Å². The summed E-state index contributed by atoms with van der Waals surface area (Å²) in [6, 6.07) is -1.85. The third kappa shape index (κ3) is 16.9. The van der Waals surface area contributed by atoms with Crippen molar-refractivity contribution in [2.75, 3.05) is 37.7 Å². The molecule has 8 nitrogen and oxygen atoms in total. The molecule has 0 aromatic rings. The summed E-state index contributed by atoms with van der Waals surface area (Å²) in [5.74, 6) is -1.68. The first-order valence-electron chi connectivity index (χ1n) is 9.07. The molecule has 2 aliphatic rings. The lowest BCUT2D eigenvalue weighted by atomic mass is 10.2. The maximum absolute atomic E-state index is 10.3. The van der Waals surface area contributed by atoms with E-state index in [4.69, 9.17) is 21.7 Å². The van der Waals surface area contributed by atoms with Crippen molar-refractivity contribution in [3.05, 3.63) is 0 Å². The molecule has 2 rings (SSSR count). The molecule has 8 N–H and O–H groups in total. The monoisotopic (exact) mass is 410 g/mol. The highest BCUT2D eigenvalue weighted by Crippen LogP contribution is 2.22. The molecule has 2 saturated heterocycles. The van der Waals surface area contributed by atoms with Crippen LogP contribution in [0.4, 0.5) is 0 Å². The Morgan fingerprint density at radius 3 is 1.19 bits per heavy atom. The predicted octanol–water partition coefficient (Wildman–Crippen LogP) is 0.711. The standard InChI is InChI=1S/C6H12N2O4S2.2C5H11N/c7-3(5(9)10)1-13-14-2-4(8)6(11)12;2*1-2-4-6-5-3-1/h3-4H,1-2,7-8H2,(H,9,10)(H,11,12);2*6H,1-5H2/t3-,4-;;/m0../s1. The summed E-state index contributed by atoms with van der Waals surface area (Å²) in [5, 5.41) is 23.4. The molecule has 0 saturated carbocycles. The number of nitrogens with one attached hydrogen (secondary N) is 2. The van der Waals surface area contributed by atoms with E-state index in [9.17, 15) is 9.59 Å². The van der Waals surface area contributed by atoms with Crippen molar-refractivity contribution in [3.8, 4) is 0 Å². The van der Waals surface area contributed by atoms with Gasteiger partial charge in [-0.15, -0.1) is 0 Å². The zero-order valence-electron chi connectivity index (χ0n) is 15.3. The van der Waals surface area contributed by atoms with Gasteiger partial charge in [0.25, 0.3) is 0 Å². The fraction of sp³-hybridized carbons (Fsp3) is 0.875. The van der Waals surface area contributed by atoms with Crippen molar-refractivity contribution >= 4 is 33.5 Å². The molecule has 26 heavy (non-hydrogen) atoms. The van der Waals surface area contributed by atoms with E-state index in [0.717, 1.165) is 0 Å². The first kappa shape index (κ1) is 25.5. The van der Waals surface area contributed by atoms with Crippen LogP contribution in [0.5, 0.6) is 0 Å². The van der Waals surface area contributed by atoms with Crippen molar-refractivity contribution < 1.29 is 19.8 Å². The average Bonchev–Trinajstić information content (AvgIpc) is 2.68. The summed E-state index contributed by atoms with van der Waals surface area (Å²) < 4.78 is 0. The third-order valence-corrected chi connectivity index (χ3v) is 6.10. The summed E-state index contributed by atoms with van der Waals surface area (Å²) >= 11 is 0. The van der Waals surface area contributed by atoms with Crippen LogP contribution in [-0.2, 0) is 9.59 Å². The lowest BCUT2D eigenvalue weighted by Crippen LogP contribution is -2.33. The third-order valence-electron chi connectivity index (χ3n) is 3.63. The Labute approximate surface area is 164 Å². The number of rotatable bonds is 7. The number of hydrogen-bond acceptors (Lipinski definition) is 8. The lowest BCUT2D eigenvalue weighted by Gasteiger charge is -2.08. The Hall–Kier alpha value is -0.520. The summed E-state index contributed by atoms with van der Waals surface area (Å²) in [6.45, 7) is 5.00. The van der Waals surface area contributed by atoms with Crippen molar-refractivity contribution in [1.29, 1.82) is 0 Å². The van der Waals surface area contributed by atoms with E-state index < -0.39 is 24.0 Å². The molecule has 0 amide bonds. The van der Waals surface area contributed by atoms with Gasteiger partial charge in [0.15, 0.2) is 0 Å². The summed E-state index contributed by atoms with van der Waals surface area (Å²) in [5.41, 5.74) is 10.4. The molecule has 0 radical (unpaired) electrons. The molecule has 0 spiro atoms. The number of carboxylic acid groups (broad SMARTS) is 2. The van der Waals surface area contributed by atoms with Gasteiger partial charge in [-0.1, -0.05) is 34.4 Å². The van der Waals surface area contributed by atoms with E-state index in [1.807, 2.05) is 0 Å². The molecule has 10 heteroatoms. The minimum absolute atomic E-state index is 0.229. The molecular weight excluding hydrogens is 376 g/mol. The number of nitrogens with two attached hydrogens (primary N) is 2. The van der Waals surface area contributed by atoms with Crippen LogP contribution >= 0.6 is 21.6 Å². The molecule has 0 aromatic carbocycles. The van der Waals surface area contributed by atoms with Crippen LogP contribution in [0.25, 0.3) is 0 Å². The van der Waals surface area contributed by atoms with Gasteiger partial charge < -0.3 is 32.3 Å². The van der Waals surface area contributed by atoms with E-state index in [1.54, 1.807) is 0 Å². The van der Waals surface area contributed by atoms with Crippen LogP contribution in [0, 0.1) is 0 Å². The van der Waals surface area contributed by atoms with Crippen LogP contribution in [-0.4, -0.2) is 71.9 Å². The van der Waals surface area contributed by atoms with Crippen molar-refractivity contribution in [3.63, 3.8) is 0 Å². The second-order valence-electron chi connectivity index (χ2n) is 6.08. The Morgan fingerprint density at radius 1 is 0.731 bits per heavy atom. The molecule has 2 heterocycles. The number of carbonyl (C=O) groups is 2. The summed E-state index contributed by atoms with van der Waals surface area (Å²) in [7, 11) is 2.41. The Morgan fingerprint density at radius 2 is 1.04 bits per heavy atom. The molecule has 0 aromatic heterocycles. The number of aliphatic carboxylic acids is 2. The van der Waals surface area contributed by atoms with E-state index in [2.05, 4.69) is 10.6 Å². The largest absolute Gasteiger partial charge is 0.480 e. The van der Waals surface area contributed by atoms with Crippen LogP contribution in [0.2, 0.25) is 0 Å². The highest BCUT2D eigenvalue weighted by molar-refractivity contribution is 8.76. The van der Waals surface area contributed by atoms with Gasteiger partial charge in [0, 0.05) is 11.5 Å². The van der Waals surface area contributed by atoms with Crippen LogP contribution in [0.15, 0.2) is 0 Å². The highest BCUT2D eigenvalue weighted by atomic mass is 33.1. The maximum atomic E-state index is 10.3. The second kappa shape index (κ2) is 17.9. The highest BCUT2D eigenvalue weighted by Gasteiger charge is 2.14. The maximum Gasteiger partial charge on any atom is 0.321 e.